The molecule has 17 nitrogen and oxygen atoms in total. The second-order valence-electron chi connectivity index (χ2n) is 17.9. The molecule has 0 aromatic heterocycles. The highest BCUT2D eigenvalue weighted by Gasteiger charge is 2.62. The molecule has 5 amide bonds. The number of nitrogens with one attached hydrogen (secondary N) is 3. The lowest BCUT2D eigenvalue weighted by Gasteiger charge is -2.30. The van der Waals surface area contributed by atoms with Crippen LogP contribution in [0, 0.1) is 5.92 Å². The minimum Gasteiger partial charge on any atom is -0.494 e. The second-order valence-corrected chi connectivity index (χ2v) is 19.9. The number of carbonyl (C=O) groups is 5. The topological polar surface area (TPSA) is 202 Å². The van der Waals surface area contributed by atoms with Crippen LogP contribution in [0.1, 0.15) is 96.1 Å². The van der Waals surface area contributed by atoms with E-state index in [9.17, 15) is 32.4 Å². The summed E-state index contributed by atoms with van der Waals surface area (Å²) < 4.78 is 50.9. The van der Waals surface area contributed by atoms with E-state index in [-0.39, 0.29) is 32.4 Å². The van der Waals surface area contributed by atoms with Gasteiger partial charge in [-0.2, -0.15) is 0 Å². The first-order chi connectivity index (χ1) is 28.6. The number of allylic oxidation sites excluding steroid dienone is 1. The standard InChI is InChI=1S/C42H60N6O11S/c1-41(2,3)59-39(52)43-34-11-8-6-4-5-7-10-30-24-42(30,38(51)45-60(54,55)33-14-15-33)44-36(49)35-23-32(27-48(35)37(34)50)58-40(53)47-25-28-12-13-31(22-29(28)26-47)57-19-9-16-46-17-20-56-21-18-46/h7,10,12-13,22,30,32-35H,4-6,8-9,11,14-21,23-27H2,1-3H3,(H,43,52)(H,44,49)(H,45,51)/b10-7+/t30-,32-,34+,35+,42-/m1/s1. The molecule has 60 heavy (non-hydrogen) atoms. The number of alkyl carbamates (subject to hydrolysis) is 1. The maximum Gasteiger partial charge on any atom is 0.410 e. The Labute approximate surface area is 352 Å². The Hall–Kier alpha value is -4.42. The Kier molecular flexibility index (Phi) is 13.3. The number of amides is 5. The molecule has 6 aliphatic rings. The van der Waals surface area contributed by atoms with Crippen molar-refractivity contribution in [1.29, 1.82) is 0 Å². The number of hydrogen-bond donors (Lipinski definition) is 3. The number of hydrogen-bond acceptors (Lipinski definition) is 12. The van der Waals surface area contributed by atoms with Crippen LogP contribution in [0.25, 0.3) is 0 Å². The summed E-state index contributed by atoms with van der Waals surface area (Å²) in [6.45, 7) is 10.4. The summed E-state index contributed by atoms with van der Waals surface area (Å²) in [4.78, 5) is 74.5. The summed E-state index contributed by atoms with van der Waals surface area (Å²) in [6.07, 6.45) is 6.41. The third-order valence-corrected chi connectivity index (χ3v) is 13.8. The van der Waals surface area contributed by atoms with E-state index >= 15 is 0 Å². The zero-order chi connectivity index (χ0) is 42.7. The average Bonchev–Trinajstić information content (AvgIpc) is 4.08. The Bertz CT molecular complexity index is 1930. The highest BCUT2D eigenvalue weighted by atomic mass is 32.2. The van der Waals surface area contributed by atoms with Crippen molar-refractivity contribution in [1.82, 2.24) is 30.1 Å². The molecule has 4 heterocycles. The highest BCUT2D eigenvalue weighted by Crippen LogP contribution is 2.46. The molecule has 3 N–H and O–H groups in total. The molecule has 4 aliphatic heterocycles. The smallest absolute Gasteiger partial charge is 0.410 e. The summed E-state index contributed by atoms with van der Waals surface area (Å²) in [7, 11) is -3.92. The fourth-order valence-electron chi connectivity index (χ4n) is 8.41. The number of benzene rings is 1. The quantitative estimate of drug-likeness (QED) is 0.230. The normalized spacial score (nSPS) is 28.2. The van der Waals surface area contributed by atoms with Crippen LogP contribution in [0.4, 0.5) is 9.59 Å². The van der Waals surface area contributed by atoms with Crippen molar-refractivity contribution in [3.63, 3.8) is 0 Å². The molecule has 1 aromatic carbocycles. The van der Waals surface area contributed by atoms with E-state index in [1.54, 1.807) is 25.7 Å². The lowest BCUT2D eigenvalue weighted by Crippen LogP contribution is -2.58. The van der Waals surface area contributed by atoms with Gasteiger partial charge in [0, 0.05) is 45.1 Å². The molecule has 5 atom stereocenters. The summed E-state index contributed by atoms with van der Waals surface area (Å²) in [5, 5.41) is 4.90. The van der Waals surface area contributed by atoms with Crippen LogP contribution in [0.15, 0.2) is 30.4 Å². The van der Waals surface area contributed by atoms with Crippen LogP contribution in [0.5, 0.6) is 5.75 Å². The van der Waals surface area contributed by atoms with Gasteiger partial charge in [0.1, 0.15) is 35.1 Å². The van der Waals surface area contributed by atoms with Gasteiger partial charge in [-0.05, 0) is 89.0 Å². The molecular weight excluding hydrogens is 797 g/mol. The first kappa shape index (κ1) is 43.7. The minimum atomic E-state index is -3.92. The molecule has 0 bridgehead atoms. The molecule has 7 rings (SSSR count). The largest absolute Gasteiger partial charge is 0.494 e. The van der Waals surface area contributed by atoms with Crippen molar-refractivity contribution in [2.45, 2.75) is 133 Å². The Morgan fingerprint density at radius 3 is 2.53 bits per heavy atom. The Morgan fingerprint density at radius 2 is 1.78 bits per heavy atom. The number of ether oxygens (including phenoxy) is 4. The number of fused-ring (bicyclic) bond motifs is 3. The highest BCUT2D eigenvalue weighted by molar-refractivity contribution is 7.91. The number of carbonyl (C=O) groups excluding carboxylic acids is 5. The van der Waals surface area contributed by atoms with Crippen LogP contribution >= 0.6 is 0 Å². The third-order valence-electron chi connectivity index (χ3n) is 12.0. The van der Waals surface area contributed by atoms with Crippen molar-refractivity contribution >= 4 is 39.9 Å². The van der Waals surface area contributed by atoms with Gasteiger partial charge in [0.2, 0.25) is 21.8 Å². The molecule has 4 fully saturated rings. The van der Waals surface area contributed by atoms with E-state index < -0.39 is 80.4 Å². The van der Waals surface area contributed by atoms with Crippen LogP contribution in [0.2, 0.25) is 0 Å². The molecule has 18 heteroatoms. The molecule has 0 spiro atoms. The van der Waals surface area contributed by atoms with Crippen LogP contribution in [0.3, 0.4) is 0 Å². The van der Waals surface area contributed by atoms with Gasteiger partial charge in [0.25, 0.3) is 5.91 Å². The monoisotopic (exact) mass is 856 g/mol. The number of rotatable bonds is 10. The van der Waals surface area contributed by atoms with Gasteiger partial charge in [0.15, 0.2) is 0 Å². The van der Waals surface area contributed by atoms with Gasteiger partial charge in [0.05, 0.1) is 31.6 Å². The molecule has 330 valence electrons. The molecule has 2 saturated carbocycles. The van der Waals surface area contributed by atoms with E-state index in [0.717, 1.165) is 69.0 Å². The van der Waals surface area contributed by atoms with Crippen LogP contribution in [-0.2, 0) is 51.7 Å². The van der Waals surface area contributed by atoms with Crippen molar-refractivity contribution in [3.8, 4) is 5.75 Å². The van der Waals surface area contributed by atoms with Crippen LogP contribution < -0.4 is 20.1 Å². The molecule has 0 radical (unpaired) electrons. The van der Waals surface area contributed by atoms with Crippen molar-refractivity contribution in [2.24, 2.45) is 5.92 Å². The van der Waals surface area contributed by atoms with E-state index in [1.165, 1.54) is 4.90 Å². The predicted octanol–water partition coefficient (Wildman–Crippen LogP) is 3.11. The SMILES string of the molecule is CC(C)(C)OC(=O)N[C@H]1CCCCC/C=C/[C@@H]2C[C@@]2(C(=O)NS(=O)(=O)C2CC2)NC(=O)[C@@H]2C[C@@H](OC(=O)N3Cc4ccc(OCCCN5CCOCC5)cc4C3)CN2C1=O. The van der Waals surface area contributed by atoms with Crippen molar-refractivity contribution in [2.75, 3.05) is 46.0 Å². The van der Waals surface area contributed by atoms with E-state index in [4.69, 9.17) is 18.9 Å². The summed E-state index contributed by atoms with van der Waals surface area (Å²) >= 11 is 0. The number of morpholine rings is 1. The van der Waals surface area contributed by atoms with E-state index in [1.807, 2.05) is 30.4 Å². The maximum absolute atomic E-state index is 14.5. The molecule has 2 aliphatic carbocycles. The third kappa shape index (κ3) is 10.9. The van der Waals surface area contributed by atoms with Gasteiger partial charge in [-0.15, -0.1) is 0 Å². The summed E-state index contributed by atoms with van der Waals surface area (Å²) in [5.41, 5.74) is -0.482. The van der Waals surface area contributed by atoms with Gasteiger partial charge in [-0.25, -0.2) is 18.0 Å². The Balaban J connectivity index is 1.04. The predicted molar refractivity (Wildman–Crippen MR) is 218 cm³/mol. The van der Waals surface area contributed by atoms with E-state index in [0.29, 0.717) is 38.8 Å². The second kappa shape index (κ2) is 18.3. The summed E-state index contributed by atoms with van der Waals surface area (Å²) in [6, 6.07) is 3.52. The lowest BCUT2D eigenvalue weighted by molar-refractivity contribution is -0.141. The average molecular weight is 857 g/mol. The zero-order valence-corrected chi connectivity index (χ0v) is 35.8. The molecule has 1 aromatic rings. The van der Waals surface area contributed by atoms with Gasteiger partial charge in [-0.1, -0.05) is 31.1 Å². The first-order valence-electron chi connectivity index (χ1n) is 21.5. The van der Waals surface area contributed by atoms with Crippen molar-refractivity contribution < 1.29 is 51.3 Å². The lowest BCUT2D eigenvalue weighted by atomic mass is 10.0. The van der Waals surface area contributed by atoms with E-state index in [2.05, 4.69) is 20.3 Å². The number of sulfonamides is 1. The molecule has 0 unspecified atom stereocenters. The minimum absolute atomic E-state index is 0.0791. The maximum atomic E-state index is 14.5. The molecule has 2 saturated heterocycles. The van der Waals surface area contributed by atoms with Gasteiger partial charge in [-0.3, -0.25) is 28.9 Å². The molecular formula is C42H60N6O11S. The first-order valence-corrected chi connectivity index (χ1v) is 23.0. The van der Waals surface area contributed by atoms with Gasteiger partial charge < -0.3 is 34.5 Å². The van der Waals surface area contributed by atoms with Gasteiger partial charge >= 0.3 is 12.2 Å². The van der Waals surface area contributed by atoms with Crippen LogP contribution in [-0.4, -0.2) is 134 Å². The fourth-order valence-corrected chi connectivity index (χ4v) is 9.77. The van der Waals surface area contributed by atoms with Crippen molar-refractivity contribution in [3.05, 3.63) is 41.5 Å². The fraction of sp³-hybridized carbons (Fsp3) is 0.690. The number of nitrogens with zero attached hydrogens (tertiary/aromatic N) is 3. The zero-order valence-electron chi connectivity index (χ0n) is 34.9. The Morgan fingerprint density at radius 1 is 1.02 bits per heavy atom. The summed E-state index contributed by atoms with van der Waals surface area (Å²) in [5.74, 6) is -1.80.